The van der Waals surface area contributed by atoms with Crippen molar-refractivity contribution >= 4 is 29.2 Å². The van der Waals surface area contributed by atoms with E-state index in [1.54, 1.807) is 24.3 Å². The second-order valence-electron chi connectivity index (χ2n) is 7.69. The second kappa shape index (κ2) is 8.41. The van der Waals surface area contributed by atoms with E-state index in [9.17, 15) is 14.4 Å². The lowest BCUT2D eigenvalue weighted by Crippen LogP contribution is -2.43. The number of benzene rings is 1. The summed E-state index contributed by atoms with van der Waals surface area (Å²) in [6.07, 6.45) is 3.46. The summed E-state index contributed by atoms with van der Waals surface area (Å²) in [5.74, 6) is 0.0543. The highest BCUT2D eigenvalue weighted by molar-refractivity contribution is 5.94. The normalized spacial score (nSPS) is 17.5. The minimum Gasteiger partial charge on any atom is -0.342 e. The van der Waals surface area contributed by atoms with Crippen molar-refractivity contribution in [2.24, 2.45) is 11.8 Å². The second-order valence-corrected chi connectivity index (χ2v) is 7.69. The molecule has 0 spiro atoms. The Morgan fingerprint density at radius 1 is 0.926 bits per heavy atom. The van der Waals surface area contributed by atoms with E-state index in [-0.39, 0.29) is 29.7 Å². The molecule has 4 amide bonds. The van der Waals surface area contributed by atoms with Crippen LogP contribution in [0.3, 0.4) is 0 Å². The summed E-state index contributed by atoms with van der Waals surface area (Å²) < 4.78 is 0. The fourth-order valence-corrected chi connectivity index (χ4v) is 3.19. The van der Waals surface area contributed by atoms with E-state index in [0.29, 0.717) is 43.3 Å². The number of hydrogen-bond acceptors (Lipinski definition) is 3. The number of rotatable bonds is 5. The first kappa shape index (κ1) is 19.2. The van der Waals surface area contributed by atoms with Crippen molar-refractivity contribution in [2.75, 3.05) is 23.7 Å². The van der Waals surface area contributed by atoms with Crippen LogP contribution in [0.25, 0.3) is 0 Å². The van der Waals surface area contributed by atoms with Gasteiger partial charge in [0.15, 0.2) is 0 Å². The molecule has 1 heterocycles. The van der Waals surface area contributed by atoms with Crippen LogP contribution in [0, 0.1) is 11.8 Å². The number of anilines is 2. The van der Waals surface area contributed by atoms with Gasteiger partial charge in [0.25, 0.3) is 0 Å². The number of amides is 4. The molecule has 3 N–H and O–H groups in total. The average molecular weight is 372 g/mol. The molecule has 27 heavy (non-hydrogen) atoms. The van der Waals surface area contributed by atoms with Crippen LogP contribution in [0.1, 0.15) is 39.5 Å². The highest BCUT2D eigenvalue weighted by Gasteiger charge is 2.28. The standard InChI is InChI=1S/C20H28N4O3/c1-13(2)19(26)24-11-9-14(10-12-24)18(25)21-15-3-5-16(6-4-15)22-20(27)23-17-7-8-17/h3-6,13-14,17H,7-12H2,1-2H3,(H,21,25)(H2,22,23,27). The molecular weight excluding hydrogens is 344 g/mol. The largest absolute Gasteiger partial charge is 0.342 e. The fraction of sp³-hybridized carbons (Fsp3) is 0.550. The summed E-state index contributed by atoms with van der Waals surface area (Å²) in [5.41, 5.74) is 1.39. The third-order valence-corrected chi connectivity index (χ3v) is 4.99. The van der Waals surface area contributed by atoms with Crippen molar-refractivity contribution in [2.45, 2.75) is 45.6 Å². The zero-order valence-electron chi connectivity index (χ0n) is 16.0. The zero-order valence-corrected chi connectivity index (χ0v) is 16.0. The highest BCUT2D eigenvalue weighted by atomic mass is 16.2. The highest BCUT2D eigenvalue weighted by Crippen LogP contribution is 2.22. The number of nitrogens with zero attached hydrogens (tertiary/aromatic N) is 1. The third-order valence-electron chi connectivity index (χ3n) is 4.99. The molecule has 7 heteroatoms. The molecular formula is C20H28N4O3. The van der Waals surface area contributed by atoms with Crippen LogP contribution in [-0.2, 0) is 9.59 Å². The molecule has 0 unspecified atom stereocenters. The molecule has 0 bridgehead atoms. The lowest BCUT2D eigenvalue weighted by molar-refractivity contribution is -0.137. The number of carbonyl (C=O) groups excluding carboxylic acids is 3. The quantitative estimate of drug-likeness (QED) is 0.742. The van der Waals surface area contributed by atoms with Crippen LogP contribution in [0.4, 0.5) is 16.2 Å². The Bertz CT molecular complexity index is 690. The van der Waals surface area contributed by atoms with Gasteiger partial charge in [0.1, 0.15) is 0 Å². The number of nitrogens with one attached hydrogen (secondary N) is 3. The first-order valence-electron chi connectivity index (χ1n) is 9.69. The molecule has 146 valence electrons. The van der Waals surface area contributed by atoms with Gasteiger partial charge in [-0.15, -0.1) is 0 Å². The van der Waals surface area contributed by atoms with Crippen molar-refractivity contribution in [3.63, 3.8) is 0 Å². The maximum atomic E-state index is 12.5. The first-order valence-corrected chi connectivity index (χ1v) is 9.69. The predicted octanol–water partition coefficient (Wildman–Crippen LogP) is 2.80. The van der Waals surface area contributed by atoms with Crippen molar-refractivity contribution in [3.05, 3.63) is 24.3 Å². The lowest BCUT2D eigenvalue weighted by atomic mass is 9.95. The summed E-state index contributed by atoms with van der Waals surface area (Å²) >= 11 is 0. The van der Waals surface area contributed by atoms with Gasteiger partial charge in [0.2, 0.25) is 11.8 Å². The predicted molar refractivity (Wildman–Crippen MR) is 104 cm³/mol. The third kappa shape index (κ3) is 5.45. The topological polar surface area (TPSA) is 90.5 Å². The summed E-state index contributed by atoms with van der Waals surface area (Å²) in [6.45, 7) is 5.06. The fourth-order valence-electron chi connectivity index (χ4n) is 3.19. The number of urea groups is 1. The van der Waals surface area contributed by atoms with Gasteiger partial charge in [-0.25, -0.2) is 4.79 Å². The monoisotopic (exact) mass is 372 g/mol. The minimum atomic E-state index is -0.197. The van der Waals surface area contributed by atoms with Crippen molar-refractivity contribution in [1.82, 2.24) is 10.2 Å². The molecule has 0 aromatic heterocycles. The van der Waals surface area contributed by atoms with E-state index in [0.717, 1.165) is 12.8 Å². The SMILES string of the molecule is CC(C)C(=O)N1CCC(C(=O)Nc2ccc(NC(=O)NC3CC3)cc2)CC1. The Hall–Kier alpha value is -2.57. The van der Waals surface area contributed by atoms with Gasteiger partial charge < -0.3 is 20.9 Å². The van der Waals surface area contributed by atoms with E-state index >= 15 is 0 Å². The molecule has 2 fully saturated rings. The van der Waals surface area contributed by atoms with Crippen LogP contribution >= 0.6 is 0 Å². The summed E-state index contributed by atoms with van der Waals surface area (Å²) in [6, 6.07) is 7.21. The maximum absolute atomic E-state index is 12.5. The Morgan fingerprint density at radius 3 is 2.00 bits per heavy atom. The molecule has 0 radical (unpaired) electrons. The number of likely N-dealkylation sites (tertiary alicyclic amines) is 1. The number of hydrogen-bond donors (Lipinski definition) is 3. The van der Waals surface area contributed by atoms with Crippen molar-refractivity contribution in [3.8, 4) is 0 Å². The molecule has 0 atom stereocenters. The van der Waals surface area contributed by atoms with Gasteiger partial charge in [-0.3, -0.25) is 9.59 Å². The summed E-state index contributed by atoms with van der Waals surface area (Å²) in [5, 5.41) is 8.57. The first-order chi connectivity index (χ1) is 12.9. The molecule has 1 saturated heterocycles. The molecule has 7 nitrogen and oxygen atoms in total. The lowest BCUT2D eigenvalue weighted by Gasteiger charge is -2.32. The van der Waals surface area contributed by atoms with Crippen LogP contribution in [-0.4, -0.2) is 41.9 Å². The van der Waals surface area contributed by atoms with Gasteiger partial charge >= 0.3 is 6.03 Å². The van der Waals surface area contributed by atoms with Gasteiger partial charge in [-0.1, -0.05) is 13.8 Å². The van der Waals surface area contributed by atoms with Gasteiger partial charge in [-0.2, -0.15) is 0 Å². The van der Waals surface area contributed by atoms with Crippen molar-refractivity contribution in [1.29, 1.82) is 0 Å². The Balaban J connectivity index is 1.45. The van der Waals surface area contributed by atoms with Crippen LogP contribution in [0.5, 0.6) is 0 Å². The van der Waals surface area contributed by atoms with Crippen LogP contribution in [0.15, 0.2) is 24.3 Å². The molecule has 1 aromatic rings. The molecule has 1 saturated carbocycles. The van der Waals surface area contributed by atoms with Gasteiger partial charge in [0.05, 0.1) is 0 Å². The van der Waals surface area contributed by atoms with Gasteiger partial charge in [-0.05, 0) is 49.9 Å². The van der Waals surface area contributed by atoms with E-state index < -0.39 is 0 Å². The summed E-state index contributed by atoms with van der Waals surface area (Å²) in [7, 11) is 0. The van der Waals surface area contributed by atoms with E-state index in [4.69, 9.17) is 0 Å². The number of piperidine rings is 1. The molecule has 1 aliphatic carbocycles. The van der Waals surface area contributed by atoms with E-state index in [2.05, 4.69) is 16.0 Å². The van der Waals surface area contributed by atoms with Crippen molar-refractivity contribution < 1.29 is 14.4 Å². The maximum Gasteiger partial charge on any atom is 0.319 e. The Kier molecular flexibility index (Phi) is 5.98. The molecule has 3 rings (SSSR count). The Labute approximate surface area is 159 Å². The molecule has 1 aliphatic heterocycles. The zero-order chi connectivity index (χ0) is 19.4. The van der Waals surface area contributed by atoms with Crippen LogP contribution in [0.2, 0.25) is 0 Å². The average Bonchev–Trinajstić information content (AvgIpc) is 3.46. The molecule has 2 aliphatic rings. The van der Waals surface area contributed by atoms with Gasteiger partial charge in [0, 0.05) is 42.3 Å². The van der Waals surface area contributed by atoms with E-state index in [1.165, 1.54) is 0 Å². The molecule has 1 aromatic carbocycles. The van der Waals surface area contributed by atoms with E-state index in [1.807, 2.05) is 18.7 Å². The minimum absolute atomic E-state index is 0.00569. The smallest absolute Gasteiger partial charge is 0.319 e. The summed E-state index contributed by atoms with van der Waals surface area (Å²) in [4.78, 5) is 38.1. The van der Waals surface area contributed by atoms with Crippen LogP contribution < -0.4 is 16.0 Å². The Morgan fingerprint density at radius 2 is 1.48 bits per heavy atom. The number of carbonyl (C=O) groups is 3.